The molecule has 0 aliphatic rings. The highest BCUT2D eigenvalue weighted by Gasteiger charge is 2.17. The minimum absolute atomic E-state index is 0.125. The molecule has 0 bridgehead atoms. The van der Waals surface area contributed by atoms with Crippen molar-refractivity contribution in [2.45, 2.75) is 18.2 Å². The van der Waals surface area contributed by atoms with Crippen molar-refractivity contribution < 1.29 is 9.53 Å². The molecule has 132 valence electrons. The van der Waals surface area contributed by atoms with Gasteiger partial charge in [-0.2, -0.15) is 0 Å². The summed E-state index contributed by atoms with van der Waals surface area (Å²) in [6.07, 6.45) is 2.95. The average molecular weight is 359 g/mol. The zero-order valence-electron chi connectivity index (χ0n) is 14.7. The number of pyridine rings is 1. The number of nitrogens with zero attached hydrogens (tertiary/aromatic N) is 5. The van der Waals surface area contributed by atoms with Gasteiger partial charge < -0.3 is 9.64 Å². The van der Waals surface area contributed by atoms with Gasteiger partial charge in [0.1, 0.15) is 5.84 Å². The molecule has 7 nitrogen and oxygen atoms in total. The highest BCUT2D eigenvalue weighted by atomic mass is 32.2. The zero-order chi connectivity index (χ0) is 18.2. The molecule has 8 heteroatoms. The van der Waals surface area contributed by atoms with Crippen LogP contribution in [0.4, 0.5) is 0 Å². The molecule has 2 aromatic heterocycles. The summed E-state index contributed by atoms with van der Waals surface area (Å²) in [7, 11) is 5.39. The minimum atomic E-state index is -0.408. The lowest BCUT2D eigenvalue weighted by molar-refractivity contribution is -0.142. The van der Waals surface area contributed by atoms with Gasteiger partial charge in [0.25, 0.3) is 0 Å². The van der Waals surface area contributed by atoms with Gasteiger partial charge in [0.05, 0.1) is 17.1 Å². The van der Waals surface area contributed by atoms with Gasteiger partial charge in [-0.1, -0.05) is 17.8 Å². The molecule has 2 heterocycles. The van der Waals surface area contributed by atoms with Crippen LogP contribution in [0.15, 0.2) is 46.8 Å². The Morgan fingerprint density at radius 1 is 1.24 bits per heavy atom. The molecule has 0 spiro atoms. The second-order valence-electron chi connectivity index (χ2n) is 5.34. The lowest BCUT2D eigenvalue weighted by Gasteiger charge is -2.21. The third-order valence-electron chi connectivity index (χ3n) is 3.24. The van der Waals surface area contributed by atoms with Gasteiger partial charge in [0.15, 0.2) is 11.3 Å². The number of thioether (sulfide) groups is 1. The second kappa shape index (κ2) is 9.12. The Morgan fingerprint density at radius 3 is 2.68 bits per heavy atom. The van der Waals surface area contributed by atoms with Crippen LogP contribution in [0.3, 0.4) is 0 Å². The normalized spacial score (nSPS) is 12.6. The van der Waals surface area contributed by atoms with Crippen molar-refractivity contribution in [3.05, 3.63) is 36.7 Å². The van der Waals surface area contributed by atoms with E-state index in [0.29, 0.717) is 16.7 Å². The van der Waals surface area contributed by atoms with Crippen molar-refractivity contribution in [3.8, 4) is 11.4 Å². The van der Waals surface area contributed by atoms with E-state index in [2.05, 4.69) is 19.9 Å². The molecule has 0 aromatic carbocycles. The van der Waals surface area contributed by atoms with E-state index < -0.39 is 6.10 Å². The molecule has 25 heavy (non-hydrogen) atoms. The first-order valence-corrected chi connectivity index (χ1v) is 8.70. The van der Waals surface area contributed by atoms with Crippen molar-refractivity contribution >= 4 is 23.6 Å². The maximum absolute atomic E-state index is 12.0. The van der Waals surface area contributed by atoms with Crippen molar-refractivity contribution in [2.75, 3.05) is 26.9 Å². The molecule has 0 aliphatic carbocycles. The quantitative estimate of drug-likeness (QED) is 0.257. The Balaban J connectivity index is 1.94. The monoisotopic (exact) mass is 359 g/mol. The molecular weight excluding hydrogens is 338 g/mol. The number of amidine groups is 1. The molecule has 1 atom stereocenters. The van der Waals surface area contributed by atoms with E-state index in [1.54, 1.807) is 32.4 Å². The Bertz CT molecular complexity index is 737. The number of carbonyl (C=O) groups excluding carboxylic acids is 1. The molecule has 0 N–H and O–H groups in total. The highest BCUT2D eigenvalue weighted by Crippen LogP contribution is 2.18. The molecule has 1 unspecified atom stereocenters. The Kier molecular flexibility index (Phi) is 6.88. The van der Waals surface area contributed by atoms with Crippen molar-refractivity contribution in [1.82, 2.24) is 19.9 Å². The van der Waals surface area contributed by atoms with Gasteiger partial charge >= 0.3 is 5.97 Å². The molecule has 0 fully saturated rings. The maximum atomic E-state index is 12.0. The van der Waals surface area contributed by atoms with E-state index in [1.165, 1.54) is 11.8 Å². The number of esters is 1. The van der Waals surface area contributed by atoms with E-state index >= 15 is 0 Å². The topological polar surface area (TPSA) is 80.6 Å². The van der Waals surface area contributed by atoms with Gasteiger partial charge in [-0.25, -0.2) is 9.97 Å². The first-order valence-electron chi connectivity index (χ1n) is 7.72. The van der Waals surface area contributed by atoms with Crippen LogP contribution in [0.5, 0.6) is 0 Å². The smallest absolute Gasteiger partial charge is 0.317 e. The molecule has 0 saturated carbocycles. The summed E-state index contributed by atoms with van der Waals surface area (Å²) in [5.41, 5.74) is 1.48. The number of rotatable bonds is 6. The lowest BCUT2D eigenvalue weighted by Crippen LogP contribution is -2.35. The van der Waals surface area contributed by atoms with E-state index in [9.17, 15) is 4.79 Å². The first kappa shape index (κ1) is 18.9. The van der Waals surface area contributed by atoms with Crippen LogP contribution in [0.2, 0.25) is 0 Å². The fourth-order valence-electron chi connectivity index (χ4n) is 2.22. The van der Waals surface area contributed by atoms with Crippen LogP contribution in [0.1, 0.15) is 6.92 Å². The van der Waals surface area contributed by atoms with Crippen LogP contribution in [0.25, 0.3) is 11.4 Å². The molecule has 2 aromatic rings. The van der Waals surface area contributed by atoms with E-state index in [0.717, 1.165) is 5.69 Å². The van der Waals surface area contributed by atoms with E-state index in [-0.39, 0.29) is 11.7 Å². The van der Waals surface area contributed by atoms with Gasteiger partial charge in [-0.3, -0.25) is 14.8 Å². The summed E-state index contributed by atoms with van der Waals surface area (Å²) in [5, 5.41) is 0.504. The van der Waals surface area contributed by atoms with Crippen molar-refractivity contribution in [3.63, 3.8) is 0 Å². The fraction of sp³-hybridized carbons (Fsp3) is 0.353. The second-order valence-corrected chi connectivity index (χ2v) is 6.28. The van der Waals surface area contributed by atoms with Crippen LogP contribution in [-0.2, 0) is 9.53 Å². The van der Waals surface area contributed by atoms with Gasteiger partial charge in [0, 0.05) is 33.5 Å². The van der Waals surface area contributed by atoms with E-state index in [1.807, 2.05) is 37.2 Å². The Labute approximate surface area is 151 Å². The third kappa shape index (κ3) is 5.53. The average Bonchev–Trinajstić information content (AvgIpc) is 2.61. The molecule has 0 aliphatic heterocycles. The number of ether oxygens (including phenoxy) is 1. The standard InChI is InChI=1S/C17H21N5O2S/c1-12(16(18-2)22(3)4)24-15(23)11-25-17-20-10-8-14(21-17)13-7-5-6-9-19-13/h5-10,12H,11H2,1-4H3. The number of hydrogen-bond donors (Lipinski definition) is 0. The van der Waals surface area contributed by atoms with Gasteiger partial charge in [0.2, 0.25) is 0 Å². The number of likely N-dealkylation sites (N-methyl/N-ethyl adjacent to an activating group) is 1. The summed E-state index contributed by atoms with van der Waals surface area (Å²) < 4.78 is 5.40. The number of carbonyl (C=O) groups is 1. The summed E-state index contributed by atoms with van der Waals surface area (Å²) in [5.74, 6) is 0.486. The molecule has 2 rings (SSSR count). The summed E-state index contributed by atoms with van der Waals surface area (Å²) in [6.45, 7) is 1.79. The predicted octanol–water partition coefficient (Wildman–Crippen LogP) is 2.15. The molecule has 0 saturated heterocycles. The van der Waals surface area contributed by atoms with Gasteiger partial charge in [-0.15, -0.1) is 0 Å². The largest absolute Gasteiger partial charge is 0.454 e. The SMILES string of the molecule is CN=C(C(C)OC(=O)CSc1nccc(-c2ccccn2)n1)N(C)C. The minimum Gasteiger partial charge on any atom is -0.454 e. The lowest BCUT2D eigenvalue weighted by atomic mass is 10.3. The highest BCUT2D eigenvalue weighted by molar-refractivity contribution is 7.99. The molecule has 0 radical (unpaired) electrons. The van der Waals surface area contributed by atoms with Crippen LogP contribution in [-0.4, -0.2) is 64.7 Å². The van der Waals surface area contributed by atoms with Crippen LogP contribution < -0.4 is 0 Å². The van der Waals surface area contributed by atoms with Crippen LogP contribution >= 0.6 is 11.8 Å². The molecule has 0 amide bonds. The number of aromatic nitrogens is 3. The number of aliphatic imine (C=N–C) groups is 1. The molecular formula is C17H21N5O2S. The fourth-order valence-corrected chi connectivity index (χ4v) is 2.83. The Hall–Kier alpha value is -2.48. The predicted molar refractivity (Wildman–Crippen MR) is 98.6 cm³/mol. The van der Waals surface area contributed by atoms with Crippen LogP contribution in [0, 0.1) is 0 Å². The third-order valence-corrected chi connectivity index (χ3v) is 4.07. The van der Waals surface area contributed by atoms with Gasteiger partial charge in [-0.05, 0) is 25.1 Å². The van der Waals surface area contributed by atoms with Crippen molar-refractivity contribution in [1.29, 1.82) is 0 Å². The first-order chi connectivity index (χ1) is 12.0. The summed E-state index contributed by atoms with van der Waals surface area (Å²) in [4.78, 5) is 30.9. The number of hydrogen-bond acceptors (Lipinski definition) is 7. The van der Waals surface area contributed by atoms with E-state index in [4.69, 9.17) is 4.74 Å². The summed E-state index contributed by atoms with van der Waals surface area (Å²) in [6, 6.07) is 7.40. The summed E-state index contributed by atoms with van der Waals surface area (Å²) >= 11 is 1.23. The maximum Gasteiger partial charge on any atom is 0.317 e. The Morgan fingerprint density at radius 2 is 2.04 bits per heavy atom. The zero-order valence-corrected chi connectivity index (χ0v) is 15.5. The van der Waals surface area contributed by atoms with Crippen molar-refractivity contribution in [2.24, 2.45) is 4.99 Å².